The van der Waals surface area contributed by atoms with Crippen LogP contribution in [0.25, 0.3) is 0 Å². The Kier molecular flexibility index (Phi) is 10.6. The number of ether oxygens (including phenoxy) is 1. The quantitative estimate of drug-likeness (QED) is 0.166. The average Bonchev–Trinajstić information content (AvgIpc) is 3.02. The van der Waals surface area contributed by atoms with E-state index < -0.39 is 34.2 Å². The Morgan fingerprint density at radius 2 is 1.58 bits per heavy atom. The monoisotopic (exact) mass is 638 g/mol. The number of sulfonamides is 1. The van der Waals surface area contributed by atoms with Crippen LogP contribution in [0.15, 0.2) is 113 Å². The lowest BCUT2D eigenvalue weighted by Crippen LogP contribution is -2.39. The first-order chi connectivity index (χ1) is 21.4. The minimum atomic E-state index is -4.72. The number of hydrogen-bond donors (Lipinski definition) is 2. The van der Waals surface area contributed by atoms with Crippen molar-refractivity contribution in [2.24, 2.45) is 5.10 Å². The maximum Gasteiger partial charge on any atom is 0.416 e. The summed E-state index contributed by atoms with van der Waals surface area (Å²) >= 11 is 0. The summed E-state index contributed by atoms with van der Waals surface area (Å²) in [6, 6.07) is 25.3. The van der Waals surface area contributed by atoms with Crippen LogP contribution in [0, 0.1) is 6.92 Å². The molecule has 0 aliphatic rings. The van der Waals surface area contributed by atoms with E-state index in [0.717, 1.165) is 23.3 Å². The molecule has 2 N–H and O–H groups in total. The molecule has 13 heteroatoms. The molecular formula is C32H29F3N4O5S. The predicted octanol–water partition coefficient (Wildman–Crippen LogP) is 5.05. The largest absolute Gasteiger partial charge is 0.484 e. The fraction of sp³-hybridized carbons (Fsp3) is 0.156. The van der Waals surface area contributed by atoms with Gasteiger partial charge in [-0.2, -0.15) is 18.3 Å². The lowest BCUT2D eigenvalue weighted by Gasteiger charge is -2.24. The standard InChI is InChI=1S/C32H29F3N4O5S/c1-23-10-16-29(17-11-23)45(42,43)39(27-9-5-8-26(18-27)32(33,34)35)21-30(40)38-37-20-25-12-14-28(15-13-25)44-22-31(41)36-19-24-6-3-2-4-7-24/h2-18,20H,19,21-22H2,1H3,(H,36,41)(H,38,40)/b37-20-. The van der Waals surface area contributed by atoms with Gasteiger partial charge in [-0.3, -0.25) is 13.9 Å². The van der Waals surface area contributed by atoms with Crippen molar-refractivity contribution >= 4 is 33.7 Å². The summed E-state index contributed by atoms with van der Waals surface area (Å²) in [6.45, 7) is 1.09. The minimum Gasteiger partial charge on any atom is -0.484 e. The number of halogens is 3. The van der Waals surface area contributed by atoms with Crippen LogP contribution in [-0.2, 0) is 32.3 Å². The molecule has 45 heavy (non-hydrogen) atoms. The van der Waals surface area contributed by atoms with E-state index in [1.807, 2.05) is 30.3 Å². The van der Waals surface area contributed by atoms with Crippen molar-refractivity contribution in [3.63, 3.8) is 0 Å². The SMILES string of the molecule is Cc1ccc(S(=O)(=O)N(CC(=O)N/N=C\c2ccc(OCC(=O)NCc3ccccc3)cc2)c2cccc(C(F)(F)F)c2)cc1. The van der Waals surface area contributed by atoms with Crippen molar-refractivity contribution in [3.8, 4) is 5.75 Å². The highest BCUT2D eigenvalue weighted by Gasteiger charge is 2.33. The topological polar surface area (TPSA) is 117 Å². The minimum absolute atomic E-state index is 0.190. The Morgan fingerprint density at radius 3 is 2.24 bits per heavy atom. The maximum atomic E-state index is 13.5. The van der Waals surface area contributed by atoms with Crippen LogP contribution >= 0.6 is 0 Å². The number of carbonyl (C=O) groups excluding carboxylic acids is 2. The number of amides is 2. The van der Waals surface area contributed by atoms with Crippen LogP contribution in [0.4, 0.5) is 18.9 Å². The summed E-state index contributed by atoms with van der Waals surface area (Å²) in [4.78, 5) is 24.6. The summed E-state index contributed by atoms with van der Waals surface area (Å²) in [6.07, 6.45) is -3.44. The van der Waals surface area contributed by atoms with Gasteiger partial charge >= 0.3 is 6.18 Å². The van der Waals surface area contributed by atoms with Crippen LogP contribution in [-0.4, -0.2) is 39.6 Å². The second-order valence-electron chi connectivity index (χ2n) is 9.79. The first-order valence-electron chi connectivity index (χ1n) is 13.5. The van der Waals surface area contributed by atoms with Gasteiger partial charge in [0.1, 0.15) is 12.3 Å². The number of anilines is 1. The highest BCUT2D eigenvalue weighted by atomic mass is 32.2. The molecule has 0 aliphatic heterocycles. The van der Waals surface area contributed by atoms with Crippen LogP contribution in [0.1, 0.15) is 22.3 Å². The molecule has 0 heterocycles. The molecule has 4 aromatic carbocycles. The molecule has 0 spiro atoms. The number of hydrazone groups is 1. The number of benzene rings is 4. The van der Waals surface area contributed by atoms with Crippen LogP contribution in [0.5, 0.6) is 5.75 Å². The molecule has 234 valence electrons. The van der Waals surface area contributed by atoms with E-state index in [1.54, 1.807) is 43.3 Å². The van der Waals surface area contributed by atoms with Gasteiger partial charge in [0, 0.05) is 6.54 Å². The van der Waals surface area contributed by atoms with Crippen LogP contribution < -0.4 is 19.8 Å². The molecule has 0 fully saturated rings. The summed E-state index contributed by atoms with van der Waals surface area (Å²) in [7, 11) is -4.43. The molecular weight excluding hydrogens is 609 g/mol. The van der Waals surface area contributed by atoms with Gasteiger partial charge in [-0.15, -0.1) is 0 Å². The molecule has 0 unspecified atom stereocenters. The lowest BCUT2D eigenvalue weighted by molar-refractivity contribution is -0.137. The summed E-state index contributed by atoms with van der Waals surface area (Å²) in [5.74, 6) is -0.763. The number of nitrogens with zero attached hydrogens (tertiary/aromatic N) is 2. The molecule has 2 amide bonds. The fourth-order valence-corrected chi connectivity index (χ4v) is 5.39. The molecule has 9 nitrogen and oxygen atoms in total. The van der Waals surface area contributed by atoms with Crippen molar-refractivity contribution < 1.29 is 35.9 Å². The number of nitrogens with one attached hydrogen (secondary N) is 2. The summed E-state index contributed by atoms with van der Waals surface area (Å²) in [5.41, 5.74) is 3.07. The van der Waals surface area contributed by atoms with E-state index in [4.69, 9.17) is 4.74 Å². The molecule has 0 aromatic heterocycles. The zero-order chi connectivity index (χ0) is 32.5. The highest BCUT2D eigenvalue weighted by molar-refractivity contribution is 7.92. The van der Waals surface area contributed by atoms with E-state index in [-0.39, 0.29) is 23.1 Å². The van der Waals surface area contributed by atoms with Crippen molar-refractivity contribution in [3.05, 3.63) is 125 Å². The molecule has 4 aromatic rings. The molecule has 0 bridgehead atoms. The summed E-state index contributed by atoms with van der Waals surface area (Å²) in [5, 5.41) is 6.59. The fourth-order valence-electron chi connectivity index (χ4n) is 3.98. The van der Waals surface area contributed by atoms with E-state index in [2.05, 4.69) is 15.8 Å². The van der Waals surface area contributed by atoms with Gasteiger partial charge in [0.15, 0.2) is 6.61 Å². The van der Waals surface area contributed by atoms with Crippen molar-refractivity contribution in [1.82, 2.24) is 10.7 Å². The van der Waals surface area contributed by atoms with Gasteiger partial charge < -0.3 is 10.1 Å². The number of hydrogen-bond acceptors (Lipinski definition) is 6. The Balaban J connectivity index is 1.38. The van der Waals surface area contributed by atoms with E-state index in [0.29, 0.717) is 28.2 Å². The molecule has 4 rings (SSSR count). The third-order valence-electron chi connectivity index (χ3n) is 6.34. The first kappa shape index (κ1) is 32.7. The van der Waals surface area contributed by atoms with Gasteiger partial charge in [0.05, 0.1) is 22.4 Å². The molecule has 0 saturated carbocycles. The molecule has 0 saturated heterocycles. The second-order valence-corrected chi connectivity index (χ2v) is 11.6. The number of alkyl halides is 3. The maximum absolute atomic E-state index is 13.5. The Labute approximate surface area is 258 Å². The number of carbonyl (C=O) groups is 2. The normalized spacial score (nSPS) is 11.6. The smallest absolute Gasteiger partial charge is 0.416 e. The van der Waals surface area contributed by atoms with Gasteiger partial charge in [0.2, 0.25) is 0 Å². The van der Waals surface area contributed by atoms with Crippen molar-refractivity contribution in [2.75, 3.05) is 17.5 Å². The Bertz CT molecular complexity index is 1750. The van der Waals surface area contributed by atoms with Gasteiger partial charge in [0.25, 0.3) is 21.8 Å². The van der Waals surface area contributed by atoms with Crippen molar-refractivity contribution in [1.29, 1.82) is 0 Å². The van der Waals surface area contributed by atoms with E-state index in [1.165, 1.54) is 24.4 Å². The van der Waals surface area contributed by atoms with E-state index in [9.17, 15) is 31.2 Å². The Morgan fingerprint density at radius 1 is 0.889 bits per heavy atom. The zero-order valence-electron chi connectivity index (χ0n) is 24.0. The Hall–Kier alpha value is -5.17. The third-order valence-corrected chi connectivity index (χ3v) is 8.13. The second kappa shape index (κ2) is 14.5. The highest BCUT2D eigenvalue weighted by Crippen LogP contribution is 2.33. The summed E-state index contributed by atoms with van der Waals surface area (Å²) < 4.78 is 73.2. The zero-order valence-corrected chi connectivity index (χ0v) is 24.8. The van der Waals surface area contributed by atoms with Crippen LogP contribution in [0.3, 0.4) is 0 Å². The molecule has 0 atom stereocenters. The number of aryl methyl sites for hydroxylation is 1. The molecule has 0 aliphatic carbocycles. The predicted molar refractivity (Wildman–Crippen MR) is 163 cm³/mol. The molecule has 0 radical (unpaired) electrons. The first-order valence-corrected chi connectivity index (χ1v) is 15.0. The van der Waals surface area contributed by atoms with Gasteiger partial charge in [-0.25, -0.2) is 13.8 Å². The average molecular weight is 639 g/mol. The third kappa shape index (κ3) is 9.41. The lowest BCUT2D eigenvalue weighted by atomic mass is 10.2. The van der Waals surface area contributed by atoms with Gasteiger partial charge in [-0.1, -0.05) is 54.1 Å². The van der Waals surface area contributed by atoms with Crippen molar-refractivity contribution in [2.45, 2.75) is 24.5 Å². The van der Waals surface area contributed by atoms with E-state index >= 15 is 0 Å². The van der Waals surface area contributed by atoms with Gasteiger partial charge in [-0.05, 0) is 72.6 Å². The van der Waals surface area contributed by atoms with Crippen LogP contribution in [0.2, 0.25) is 0 Å². The number of rotatable bonds is 12.